The summed E-state index contributed by atoms with van der Waals surface area (Å²) < 4.78 is 6.67. The lowest BCUT2D eigenvalue weighted by Gasteiger charge is -2.36. The number of anilines is 2. The Morgan fingerprint density at radius 2 is 1.81 bits per heavy atom. The van der Waals surface area contributed by atoms with Crippen molar-refractivity contribution in [1.82, 2.24) is 10.3 Å². The number of amides is 3. The molecule has 224 valence electrons. The minimum Gasteiger partial charge on any atom is -0.496 e. The number of benzene rings is 3. The number of likely N-dealkylation sites (N-methyl/N-ethyl adjacent to an activating group) is 1. The van der Waals surface area contributed by atoms with Crippen LogP contribution in [0, 0.1) is 5.92 Å². The third-order valence-corrected chi connectivity index (χ3v) is 8.80. The Bertz CT molecular complexity index is 1670. The molecule has 4 aromatic rings. The monoisotopic (exact) mass is 665 g/mol. The van der Waals surface area contributed by atoms with Gasteiger partial charge in [-0.3, -0.25) is 19.4 Å². The van der Waals surface area contributed by atoms with E-state index in [0.29, 0.717) is 17.1 Å². The molecule has 11 heteroatoms. The van der Waals surface area contributed by atoms with Crippen LogP contribution in [0.15, 0.2) is 83.6 Å². The van der Waals surface area contributed by atoms with Gasteiger partial charge in [0.2, 0.25) is 17.7 Å². The van der Waals surface area contributed by atoms with Gasteiger partial charge < -0.3 is 25.6 Å². The van der Waals surface area contributed by atoms with Crippen molar-refractivity contribution in [2.75, 3.05) is 30.5 Å². The van der Waals surface area contributed by atoms with E-state index in [1.54, 1.807) is 49.3 Å². The fourth-order valence-electron chi connectivity index (χ4n) is 5.53. The second kappa shape index (κ2) is 13.1. The van der Waals surface area contributed by atoms with E-state index in [4.69, 9.17) is 10.5 Å². The number of para-hydroxylation sites is 2. The zero-order valence-corrected chi connectivity index (χ0v) is 26.4. The summed E-state index contributed by atoms with van der Waals surface area (Å²) in [7, 11) is 3.18. The third-order valence-electron chi connectivity index (χ3n) is 8.11. The first kappa shape index (κ1) is 31.9. The number of aromatic nitrogens is 1. The number of methoxy groups -OCH3 is 1. The summed E-state index contributed by atoms with van der Waals surface area (Å²) in [6.45, 7) is 1.68. The average molecular weight is 667 g/mol. The topological polar surface area (TPSA) is 118 Å². The van der Waals surface area contributed by atoms with Crippen molar-refractivity contribution < 1.29 is 19.1 Å². The molecule has 3 amide bonds. The first-order valence-electron chi connectivity index (χ1n) is 13.5. The number of rotatable bonds is 8. The Balaban J connectivity index is 0.00000423. The molecule has 43 heavy (non-hydrogen) atoms. The molecule has 0 aliphatic carbocycles. The molecule has 1 aromatic heterocycles. The van der Waals surface area contributed by atoms with E-state index in [1.165, 1.54) is 0 Å². The summed E-state index contributed by atoms with van der Waals surface area (Å²) in [6, 6.07) is 20.6. The number of fused-ring (bicyclic) bond motifs is 2. The largest absolute Gasteiger partial charge is 0.496 e. The van der Waals surface area contributed by atoms with Crippen molar-refractivity contribution in [3.63, 3.8) is 0 Å². The number of halogens is 2. The number of ether oxygens (including phenoxy) is 1. The van der Waals surface area contributed by atoms with E-state index in [9.17, 15) is 14.4 Å². The van der Waals surface area contributed by atoms with Crippen molar-refractivity contribution in [2.45, 2.75) is 25.4 Å². The SMILES string of the molecule is CNC(C)(C(N)=O)[C@@H]1CN(C(=O)Cc2cccnc2)c2ccccc2N(Cc2c(OC)ccc3c(Br)cccc23)C1=O.Cl. The summed E-state index contributed by atoms with van der Waals surface area (Å²) in [6.07, 6.45) is 3.36. The van der Waals surface area contributed by atoms with E-state index < -0.39 is 17.4 Å². The van der Waals surface area contributed by atoms with Gasteiger partial charge in [-0.25, -0.2) is 0 Å². The Kier molecular flexibility index (Phi) is 9.74. The first-order valence-corrected chi connectivity index (χ1v) is 14.3. The summed E-state index contributed by atoms with van der Waals surface area (Å²) in [5, 5.41) is 4.86. The fourth-order valence-corrected chi connectivity index (χ4v) is 6.03. The molecule has 2 atom stereocenters. The number of hydrogen-bond donors (Lipinski definition) is 2. The zero-order valence-electron chi connectivity index (χ0n) is 24.0. The van der Waals surface area contributed by atoms with Crippen molar-refractivity contribution >= 4 is 68.2 Å². The van der Waals surface area contributed by atoms with Gasteiger partial charge in [-0.15, -0.1) is 12.4 Å². The van der Waals surface area contributed by atoms with Crippen LogP contribution in [-0.2, 0) is 27.3 Å². The van der Waals surface area contributed by atoms with Gasteiger partial charge in [0.05, 0.1) is 37.4 Å². The predicted octanol–water partition coefficient (Wildman–Crippen LogP) is 4.63. The Labute approximate surface area is 264 Å². The highest BCUT2D eigenvalue weighted by atomic mass is 79.9. The number of carbonyl (C=O) groups excluding carboxylic acids is 3. The van der Waals surface area contributed by atoms with Crippen LogP contribution in [0.3, 0.4) is 0 Å². The van der Waals surface area contributed by atoms with Gasteiger partial charge in [0, 0.05) is 29.0 Å². The molecule has 0 saturated carbocycles. The van der Waals surface area contributed by atoms with Crippen LogP contribution in [-0.4, -0.2) is 48.9 Å². The molecule has 3 N–H and O–H groups in total. The molecule has 1 aliphatic rings. The number of primary amides is 1. The molecule has 2 heterocycles. The molecular formula is C32H33BrClN5O4. The van der Waals surface area contributed by atoms with Gasteiger partial charge in [-0.1, -0.05) is 46.3 Å². The van der Waals surface area contributed by atoms with Gasteiger partial charge in [0.1, 0.15) is 11.3 Å². The number of hydrogen-bond acceptors (Lipinski definition) is 6. The summed E-state index contributed by atoms with van der Waals surface area (Å²) in [4.78, 5) is 48.8. The smallest absolute Gasteiger partial charge is 0.238 e. The van der Waals surface area contributed by atoms with Gasteiger partial charge in [-0.05, 0) is 66.7 Å². The molecule has 0 spiro atoms. The normalized spacial score (nSPS) is 16.1. The lowest BCUT2D eigenvalue weighted by atomic mass is 9.83. The molecular weight excluding hydrogens is 634 g/mol. The van der Waals surface area contributed by atoms with Crippen molar-refractivity contribution in [3.8, 4) is 5.75 Å². The molecule has 0 bridgehead atoms. The molecule has 1 unspecified atom stereocenters. The van der Waals surface area contributed by atoms with E-state index in [0.717, 1.165) is 26.4 Å². The molecule has 5 rings (SSSR count). The number of nitrogens with zero attached hydrogens (tertiary/aromatic N) is 3. The van der Waals surface area contributed by atoms with Crippen LogP contribution in [0.4, 0.5) is 11.4 Å². The second-order valence-electron chi connectivity index (χ2n) is 10.4. The Hall–Kier alpha value is -3.99. The third kappa shape index (κ3) is 5.95. The van der Waals surface area contributed by atoms with Crippen LogP contribution < -0.4 is 25.6 Å². The fraction of sp³-hybridized carbons (Fsp3) is 0.250. The summed E-state index contributed by atoms with van der Waals surface area (Å²) in [5.74, 6) is -1.66. The minimum absolute atomic E-state index is 0. The molecule has 0 radical (unpaired) electrons. The number of nitrogens with one attached hydrogen (secondary N) is 1. The van der Waals surface area contributed by atoms with Crippen LogP contribution in [0.25, 0.3) is 10.8 Å². The molecule has 1 aliphatic heterocycles. The maximum atomic E-state index is 14.6. The van der Waals surface area contributed by atoms with E-state index in [1.807, 2.05) is 60.7 Å². The molecule has 9 nitrogen and oxygen atoms in total. The lowest BCUT2D eigenvalue weighted by Crippen LogP contribution is -2.63. The predicted molar refractivity (Wildman–Crippen MR) is 174 cm³/mol. The Morgan fingerprint density at radius 1 is 1.07 bits per heavy atom. The van der Waals surface area contributed by atoms with Crippen LogP contribution >= 0.6 is 28.3 Å². The average Bonchev–Trinajstić information content (AvgIpc) is 3.12. The highest BCUT2D eigenvalue weighted by Gasteiger charge is 2.48. The van der Waals surface area contributed by atoms with Crippen molar-refractivity contribution in [1.29, 1.82) is 0 Å². The number of carbonyl (C=O) groups is 3. The minimum atomic E-state index is -1.45. The summed E-state index contributed by atoms with van der Waals surface area (Å²) in [5.41, 5.74) is 7.08. The Morgan fingerprint density at radius 3 is 2.47 bits per heavy atom. The van der Waals surface area contributed by atoms with Crippen molar-refractivity contribution in [3.05, 3.63) is 94.7 Å². The quantitative estimate of drug-likeness (QED) is 0.283. The van der Waals surface area contributed by atoms with Crippen LogP contribution in [0.1, 0.15) is 18.1 Å². The second-order valence-corrected chi connectivity index (χ2v) is 11.3. The lowest BCUT2D eigenvalue weighted by molar-refractivity contribution is -0.133. The van der Waals surface area contributed by atoms with Gasteiger partial charge in [0.25, 0.3) is 0 Å². The molecule has 0 saturated heterocycles. The van der Waals surface area contributed by atoms with Crippen LogP contribution in [0.5, 0.6) is 5.75 Å². The maximum absolute atomic E-state index is 14.6. The van der Waals surface area contributed by atoms with Gasteiger partial charge in [-0.2, -0.15) is 0 Å². The zero-order chi connectivity index (χ0) is 30.0. The number of pyridine rings is 1. The van der Waals surface area contributed by atoms with E-state index >= 15 is 0 Å². The highest BCUT2D eigenvalue weighted by molar-refractivity contribution is 9.10. The number of nitrogens with two attached hydrogens (primary N) is 1. The standard InChI is InChI=1S/C32H32BrN5O4.ClH/c1-32(35-2,31(34)41)24-19-37(29(39)16-20-8-7-15-36-17-20)26-11-4-5-12-27(26)38(30(24)40)18-23-21-9-6-10-25(33)22(21)13-14-28(23)42-3;/h4-15,17,24,35H,16,18-19H2,1-3H3,(H2,34,41);1H/t24-,32?;/m1./s1. The van der Waals surface area contributed by atoms with Gasteiger partial charge in [0.15, 0.2) is 0 Å². The van der Waals surface area contributed by atoms with E-state index in [2.05, 4.69) is 26.2 Å². The molecule has 3 aromatic carbocycles. The van der Waals surface area contributed by atoms with Crippen LogP contribution in [0.2, 0.25) is 0 Å². The first-order chi connectivity index (χ1) is 20.2. The van der Waals surface area contributed by atoms with E-state index in [-0.39, 0.29) is 43.7 Å². The van der Waals surface area contributed by atoms with Gasteiger partial charge >= 0.3 is 0 Å². The maximum Gasteiger partial charge on any atom is 0.238 e. The molecule has 0 fully saturated rings. The van der Waals surface area contributed by atoms with Crippen molar-refractivity contribution in [2.24, 2.45) is 11.7 Å². The highest BCUT2D eigenvalue weighted by Crippen LogP contribution is 2.40. The summed E-state index contributed by atoms with van der Waals surface area (Å²) >= 11 is 3.64.